The van der Waals surface area contributed by atoms with E-state index in [-0.39, 0.29) is 12.5 Å². The van der Waals surface area contributed by atoms with Crippen molar-refractivity contribution in [2.24, 2.45) is 0 Å². The van der Waals surface area contributed by atoms with Gasteiger partial charge in [0.1, 0.15) is 12.4 Å². The van der Waals surface area contributed by atoms with Gasteiger partial charge < -0.3 is 14.5 Å². The zero-order valence-corrected chi connectivity index (χ0v) is 22.0. The fourth-order valence-electron chi connectivity index (χ4n) is 4.56. The number of anilines is 1. The van der Waals surface area contributed by atoms with Crippen LogP contribution in [-0.2, 0) is 11.4 Å². The smallest absolute Gasteiger partial charge is 0.233 e. The number of aryl methyl sites for hydroxylation is 2. The molecule has 0 spiro atoms. The molecule has 0 bridgehead atoms. The van der Waals surface area contributed by atoms with Crippen molar-refractivity contribution in [2.75, 3.05) is 36.8 Å². The number of hydrogen-bond donors (Lipinski definition) is 0. The summed E-state index contributed by atoms with van der Waals surface area (Å²) in [4.78, 5) is 17.3. The molecule has 1 aliphatic rings. The van der Waals surface area contributed by atoms with Gasteiger partial charge in [-0.3, -0.25) is 9.36 Å². The van der Waals surface area contributed by atoms with Gasteiger partial charge in [0, 0.05) is 37.6 Å². The number of ether oxygens (including phenoxy) is 1. The van der Waals surface area contributed by atoms with E-state index in [0.29, 0.717) is 29.8 Å². The zero-order valence-electron chi connectivity index (χ0n) is 21.2. The summed E-state index contributed by atoms with van der Waals surface area (Å²) in [5.41, 5.74) is 4.31. The number of aromatic nitrogens is 3. The summed E-state index contributed by atoms with van der Waals surface area (Å²) in [7, 11) is 0. The highest BCUT2D eigenvalue weighted by molar-refractivity contribution is 7.99. The maximum atomic E-state index is 13.1. The minimum Gasteiger partial charge on any atom is -0.485 e. The topological polar surface area (TPSA) is 63.5 Å². The Hall–Kier alpha value is -3.78. The van der Waals surface area contributed by atoms with Gasteiger partial charge in [-0.2, -0.15) is 0 Å². The lowest BCUT2D eigenvalue weighted by Gasteiger charge is -2.36. The van der Waals surface area contributed by atoms with Gasteiger partial charge in [0.15, 0.2) is 11.0 Å². The number of piperazine rings is 1. The van der Waals surface area contributed by atoms with Crippen molar-refractivity contribution >= 4 is 23.4 Å². The van der Waals surface area contributed by atoms with Crippen LogP contribution in [-0.4, -0.2) is 57.5 Å². The molecule has 0 N–H and O–H groups in total. The van der Waals surface area contributed by atoms with Crippen molar-refractivity contribution < 1.29 is 9.53 Å². The summed E-state index contributed by atoms with van der Waals surface area (Å²) in [5, 5.41) is 9.55. The van der Waals surface area contributed by atoms with E-state index < -0.39 is 0 Å². The minimum absolute atomic E-state index is 0.119. The summed E-state index contributed by atoms with van der Waals surface area (Å²) >= 11 is 1.42. The van der Waals surface area contributed by atoms with E-state index in [9.17, 15) is 4.79 Å². The third-order valence-corrected chi connectivity index (χ3v) is 7.46. The summed E-state index contributed by atoms with van der Waals surface area (Å²) in [6.45, 7) is 7.46. The molecule has 5 rings (SSSR count). The highest BCUT2D eigenvalue weighted by Gasteiger charge is 2.23. The Labute approximate surface area is 222 Å². The van der Waals surface area contributed by atoms with Gasteiger partial charge in [0.2, 0.25) is 5.91 Å². The highest BCUT2D eigenvalue weighted by Crippen LogP contribution is 2.26. The predicted octanol–water partition coefficient (Wildman–Crippen LogP) is 4.90. The standard InChI is InChI=1S/C29H31N5O2S/c1-22-10-9-11-23(2)28(22)36-20-26-30-31-29(34(26)25-14-7-4-8-15-25)37-21-27(35)33-18-16-32(17-19-33)24-12-5-3-6-13-24/h3-15H,16-21H2,1-2H3. The summed E-state index contributed by atoms with van der Waals surface area (Å²) in [6, 6.07) is 26.4. The fourth-order valence-corrected chi connectivity index (χ4v) is 5.43. The fraction of sp³-hybridized carbons (Fsp3) is 0.276. The molecular formula is C29H31N5O2S. The molecule has 0 unspecified atom stereocenters. The Morgan fingerprint density at radius 2 is 1.43 bits per heavy atom. The number of carbonyl (C=O) groups excluding carboxylic acids is 1. The number of carbonyl (C=O) groups is 1. The first kappa shape index (κ1) is 24.9. The van der Waals surface area contributed by atoms with E-state index in [0.717, 1.165) is 35.7 Å². The summed E-state index contributed by atoms with van der Waals surface area (Å²) in [5.74, 6) is 1.99. The largest absolute Gasteiger partial charge is 0.485 e. The SMILES string of the molecule is Cc1cccc(C)c1OCc1nnc(SCC(=O)N2CCN(c3ccccc3)CC2)n1-c1ccccc1. The normalized spacial score (nSPS) is 13.6. The van der Waals surface area contributed by atoms with Crippen LogP contribution in [0.5, 0.6) is 5.75 Å². The molecule has 0 aliphatic carbocycles. The number of amides is 1. The first-order valence-corrected chi connectivity index (χ1v) is 13.5. The zero-order chi connectivity index (χ0) is 25.6. The average Bonchev–Trinajstić information content (AvgIpc) is 3.35. The van der Waals surface area contributed by atoms with Crippen LogP contribution in [0.1, 0.15) is 17.0 Å². The quantitative estimate of drug-likeness (QED) is 0.312. The molecule has 3 aromatic carbocycles. The van der Waals surface area contributed by atoms with Gasteiger partial charge in [0.25, 0.3) is 0 Å². The van der Waals surface area contributed by atoms with E-state index in [2.05, 4.69) is 27.2 Å². The minimum atomic E-state index is 0.119. The molecule has 1 aromatic heterocycles. The molecule has 1 fully saturated rings. The molecule has 4 aromatic rings. The molecule has 8 heteroatoms. The Morgan fingerprint density at radius 3 is 2.08 bits per heavy atom. The molecule has 0 atom stereocenters. The molecular weight excluding hydrogens is 482 g/mol. The first-order chi connectivity index (χ1) is 18.1. The number of hydrogen-bond acceptors (Lipinski definition) is 6. The molecule has 0 radical (unpaired) electrons. The number of rotatable bonds is 8. The monoisotopic (exact) mass is 513 g/mol. The lowest BCUT2D eigenvalue weighted by Crippen LogP contribution is -2.49. The van der Waals surface area contributed by atoms with Crippen molar-refractivity contribution in [2.45, 2.75) is 25.6 Å². The van der Waals surface area contributed by atoms with Gasteiger partial charge in [-0.15, -0.1) is 10.2 Å². The highest BCUT2D eigenvalue weighted by atomic mass is 32.2. The maximum absolute atomic E-state index is 13.1. The van der Waals surface area contributed by atoms with Crippen LogP contribution in [0.25, 0.3) is 5.69 Å². The molecule has 0 saturated carbocycles. The third-order valence-electron chi connectivity index (χ3n) is 6.55. The molecule has 7 nitrogen and oxygen atoms in total. The van der Waals surface area contributed by atoms with Gasteiger partial charge in [0.05, 0.1) is 5.75 Å². The predicted molar refractivity (Wildman–Crippen MR) is 148 cm³/mol. The van der Waals surface area contributed by atoms with Crippen LogP contribution in [0.4, 0.5) is 5.69 Å². The molecule has 1 saturated heterocycles. The number of thioether (sulfide) groups is 1. The van der Waals surface area contributed by atoms with Crippen LogP contribution in [0.3, 0.4) is 0 Å². The second kappa shape index (κ2) is 11.5. The second-order valence-electron chi connectivity index (χ2n) is 9.07. The molecule has 2 heterocycles. The van der Waals surface area contributed by atoms with E-state index in [1.165, 1.54) is 17.4 Å². The van der Waals surface area contributed by atoms with Gasteiger partial charge >= 0.3 is 0 Å². The van der Waals surface area contributed by atoms with Crippen LogP contribution in [0.15, 0.2) is 84.0 Å². The lowest BCUT2D eigenvalue weighted by molar-refractivity contribution is -0.128. The van der Waals surface area contributed by atoms with Crippen LogP contribution in [0, 0.1) is 13.8 Å². The number of benzene rings is 3. The van der Waals surface area contributed by atoms with Crippen LogP contribution < -0.4 is 9.64 Å². The van der Waals surface area contributed by atoms with E-state index in [1.54, 1.807) is 0 Å². The van der Waals surface area contributed by atoms with E-state index >= 15 is 0 Å². The molecule has 1 amide bonds. The van der Waals surface area contributed by atoms with Crippen LogP contribution >= 0.6 is 11.8 Å². The first-order valence-electron chi connectivity index (χ1n) is 12.5. The summed E-state index contributed by atoms with van der Waals surface area (Å²) < 4.78 is 8.17. The van der Waals surface area contributed by atoms with Gasteiger partial charge in [-0.05, 0) is 49.2 Å². The molecule has 1 aliphatic heterocycles. The third kappa shape index (κ3) is 5.80. The molecule has 37 heavy (non-hydrogen) atoms. The Kier molecular flexibility index (Phi) is 7.75. The van der Waals surface area contributed by atoms with E-state index in [4.69, 9.17) is 4.74 Å². The van der Waals surface area contributed by atoms with Crippen molar-refractivity contribution in [3.05, 3.63) is 95.8 Å². The van der Waals surface area contributed by atoms with Crippen LogP contribution in [0.2, 0.25) is 0 Å². The molecule has 190 valence electrons. The number of para-hydroxylation sites is 3. The van der Waals surface area contributed by atoms with Gasteiger partial charge in [-0.1, -0.05) is 66.4 Å². The Morgan fingerprint density at radius 1 is 0.811 bits per heavy atom. The average molecular weight is 514 g/mol. The lowest BCUT2D eigenvalue weighted by atomic mass is 10.1. The summed E-state index contributed by atoms with van der Waals surface area (Å²) in [6.07, 6.45) is 0. The van der Waals surface area contributed by atoms with Crippen molar-refractivity contribution in [1.82, 2.24) is 19.7 Å². The van der Waals surface area contributed by atoms with Crippen molar-refractivity contribution in [1.29, 1.82) is 0 Å². The second-order valence-corrected chi connectivity index (χ2v) is 10.0. The Balaban J connectivity index is 1.26. The van der Waals surface area contributed by atoms with Gasteiger partial charge in [-0.25, -0.2) is 0 Å². The maximum Gasteiger partial charge on any atom is 0.233 e. The van der Waals surface area contributed by atoms with E-state index in [1.807, 2.05) is 90.0 Å². The Bertz CT molecular complexity index is 1310. The van der Waals surface area contributed by atoms with Crippen molar-refractivity contribution in [3.63, 3.8) is 0 Å². The van der Waals surface area contributed by atoms with Crippen molar-refractivity contribution in [3.8, 4) is 11.4 Å². The number of nitrogens with zero attached hydrogens (tertiary/aromatic N) is 5.